The molecule has 1 atom stereocenters. The Kier molecular flexibility index (Phi) is 6.66. The second-order valence-electron chi connectivity index (χ2n) is 11.8. The second-order valence-corrected chi connectivity index (χ2v) is 11.8. The monoisotopic (exact) mass is 525 g/mol. The molecule has 1 saturated carbocycles. The first-order valence-corrected chi connectivity index (χ1v) is 13.2. The van der Waals surface area contributed by atoms with E-state index in [1.54, 1.807) is 12.1 Å². The minimum absolute atomic E-state index is 0.0949. The number of alkyl carbamates (subject to hydrolysis) is 1. The average Bonchev–Trinajstić information content (AvgIpc) is 3.57. The molecular formula is C27H35N5O6. The van der Waals surface area contributed by atoms with Crippen LogP contribution in [0, 0.1) is 5.41 Å². The molecule has 0 spiro atoms. The Hall–Kier alpha value is -3.47. The van der Waals surface area contributed by atoms with Crippen LogP contribution in [0.4, 0.5) is 10.5 Å². The van der Waals surface area contributed by atoms with Crippen LogP contribution in [0.15, 0.2) is 18.2 Å². The molecule has 1 aromatic rings. The van der Waals surface area contributed by atoms with Gasteiger partial charge in [0, 0.05) is 56.8 Å². The number of imide groups is 2. The van der Waals surface area contributed by atoms with E-state index in [2.05, 4.69) is 20.4 Å². The highest BCUT2D eigenvalue weighted by molar-refractivity contribution is 6.23. The fourth-order valence-electron chi connectivity index (χ4n) is 5.44. The average molecular weight is 526 g/mol. The number of amides is 5. The van der Waals surface area contributed by atoms with Crippen LogP contribution in [-0.2, 0) is 14.3 Å². The Morgan fingerprint density at radius 2 is 1.74 bits per heavy atom. The zero-order valence-electron chi connectivity index (χ0n) is 22.2. The number of carbonyl (C=O) groups excluding carboxylic acids is 5. The first-order valence-electron chi connectivity index (χ1n) is 13.2. The smallest absolute Gasteiger partial charge is 0.407 e. The molecule has 1 aromatic carbocycles. The molecule has 3 heterocycles. The summed E-state index contributed by atoms with van der Waals surface area (Å²) in [5.41, 5.74) is 1.02. The third-order valence-electron chi connectivity index (χ3n) is 7.68. The maximum Gasteiger partial charge on any atom is 0.407 e. The molecule has 1 unspecified atom stereocenters. The number of piperidine rings is 1. The van der Waals surface area contributed by atoms with Gasteiger partial charge in [0.25, 0.3) is 11.8 Å². The van der Waals surface area contributed by atoms with Crippen molar-refractivity contribution in [3.05, 3.63) is 29.3 Å². The lowest BCUT2D eigenvalue weighted by Gasteiger charge is -2.38. The van der Waals surface area contributed by atoms with Gasteiger partial charge in [0.05, 0.1) is 11.1 Å². The van der Waals surface area contributed by atoms with Crippen molar-refractivity contribution in [3.8, 4) is 0 Å². The Bertz CT molecular complexity index is 1180. The SMILES string of the molecule is CC(C)(C)OC(=O)NCC1(CN2CCN(c3ccc4c(c3)C(=O)N(C3CCC(=O)NC3=O)C4=O)CC2)CC1. The van der Waals surface area contributed by atoms with E-state index >= 15 is 0 Å². The number of rotatable bonds is 6. The molecule has 11 heteroatoms. The van der Waals surface area contributed by atoms with E-state index in [0.717, 1.165) is 56.2 Å². The van der Waals surface area contributed by atoms with E-state index in [4.69, 9.17) is 4.74 Å². The number of benzene rings is 1. The maximum atomic E-state index is 13.1. The molecule has 0 radical (unpaired) electrons. The molecule has 0 aromatic heterocycles. The lowest BCUT2D eigenvalue weighted by Crippen LogP contribution is -2.54. The highest BCUT2D eigenvalue weighted by Crippen LogP contribution is 2.46. The third-order valence-corrected chi connectivity index (χ3v) is 7.68. The Morgan fingerprint density at radius 3 is 2.37 bits per heavy atom. The van der Waals surface area contributed by atoms with Crippen molar-refractivity contribution in [2.24, 2.45) is 5.41 Å². The van der Waals surface area contributed by atoms with Gasteiger partial charge in [-0.15, -0.1) is 0 Å². The highest BCUT2D eigenvalue weighted by Gasteiger charge is 2.46. The lowest BCUT2D eigenvalue weighted by atomic mass is 10.0. The normalized spacial score (nSPS) is 23.3. The largest absolute Gasteiger partial charge is 0.444 e. The molecule has 0 bridgehead atoms. The molecule has 2 saturated heterocycles. The van der Waals surface area contributed by atoms with Crippen molar-refractivity contribution in [2.75, 3.05) is 44.2 Å². The fraction of sp³-hybridized carbons (Fsp3) is 0.593. The minimum atomic E-state index is -0.966. The zero-order chi connectivity index (χ0) is 27.2. The van der Waals surface area contributed by atoms with Gasteiger partial charge in [-0.2, -0.15) is 0 Å². The summed E-state index contributed by atoms with van der Waals surface area (Å²) in [5.74, 6) is -1.99. The van der Waals surface area contributed by atoms with Crippen LogP contribution in [0.2, 0.25) is 0 Å². The number of nitrogens with zero attached hydrogens (tertiary/aromatic N) is 3. The standard InChI is InChI=1S/C27H35N5O6/c1-26(2,3)38-25(37)28-15-27(8-9-27)16-30-10-12-31(13-11-30)17-4-5-18-19(14-17)24(36)32(23(18)35)20-6-7-21(33)29-22(20)34/h4-5,14,20H,6-13,15-16H2,1-3H3,(H,28,37)(H,29,33,34). The molecule has 38 heavy (non-hydrogen) atoms. The summed E-state index contributed by atoms with van der Waals surface area (Å²) < 4.78 is 5.36. The summed E-state index contributed by atoms with van der Waals surface area (Å²) in [6, 6.07) is 4.28. The van der Waals surface area contributed by atoms with E-state index in [9.17, 15) is 24.0 Å². The van der Waals surface area contributed by atoms with Gasteiger partial charge in [-0.25, -0.2) is 4.79 Å². The van der Waals surface area contributed by atoms with E-state index in [0.29, 0.717) is 12.1 Å². The Morgan fingerprint density at radius 1 is 1.05 bits per heavy atom. The predicted octanol–water partition coefficient (Wildman–Crippen LogP) is 1.51. The van der Waals surface area contributed by atoms with Gasteiger partial charge in [-0.05, 0) is 58.2 Å². The summed E-state index contributed by atoms with van der Waals surface area (Å²) in [5, 5.41) is 5.15. The number of piperazine rings is 1. The van der Waals surface area contributed by atoms with E-state index < -0.39 is 35.3 Å². The van der Waals surface area contributed by atoms with Gasteiger partial charge >= 0.3 is 6.09 Å². The highest BCUT2D eigenvalue weighted by atomic mass is 16.6. The first kappa shape index (κ1) is 26.1. The van der Waals surface area contributed by atoms with Crippen molar-refractivity contribution in [3.63, 3.8) is 0 Å². The van der Waals surface area contributed by atoms with Crippen LogP contribution in [0.5, 0.6) is 0 Å². The summed E-state index contributed by atoms with van der Waals surface area (Å²) in [6.07, 6.45) is 2.01. The van der Waals surface area contributed by atoms with E-state index in [1.165, 1.54) is 0 Å². The number of nitrogens with one attached hydrogen (secondary N) is 2. The first-order chi connectivity index (χ1) is 17.9. The van der Waals surface area contributed by atoms with Crippen LogP contribution in [-0.4, -0.2) is 90.4 Å². The van der Waals surface area contributed by atoms with Crippen molar-refractivity contribution in [1.29, 1.82) is 0 Å². The number of anilines is 1. The molecule has 5 amide bonds. The number of fused-ring (bicyclic) bond motifs is 1. The van der Waals surface area contributed by atoms with Crippen molar-refractivity contribution >= 4 is 35.4 Å². The topological polar surface area (TPSA) is 128 Å². The summed E-state index contributed by atoms with van der Waals surface area (Å²) in [6.45, 7) is 10.3. The van der Waals surface area contributed by atoms with Crippen LogP contribution in [0.1, 0.15) is 67.2 Å². The molecule has 2 N–H and O–H groups in total. The zero-order valence-corrected chi connectivity index (χ0v) is 22.2. The summed E-state index contributed by atoms with van der Waals surface area (Å²) >= 11 is 0. The van der Waals surface area contributed by atoms with Crippen molar-refractivity contribution < 1.29 is 28.7 Å². The van der Waals surface area contributed by atoms with E-state index in [-0.39, 0.29) is 29.9 Å². The number of ether oxygens (including phenoxy) is 1. The Balaban J connectivity index is 1.16. The molecule has 4 aliphatic rings. The molecule has 5 rings (SSSR count). The van der Waals surface area contributed by atoms with Crippen LogP contribution in [0.3, 0.4) is 0 Å². The molecule has 3 fully saturated rings. The van der Waals surface area contributed by atoms with Crippen LogP contribution < -0.4 is 15.5 Å². The number of hydrogen-bond acceptors (Lipinski definition) is 8. The quantitative estimate of drug-likeness (QED) is 0.535. The molecule has 3 aliphatic heterocycles. The van der Waals surface area contributed by atoms with Crippen molar-refractivity contribution in [1.82, 2.24) is 20.4 Å². The van der Waals surface area contributed by atoms with Crippen LogP contribution >= 0.6 is 0 Å². The van der Waals surface area contributed by atoms with Gasteiger partial charge in [0.15, 0.2) is 0 Å². The number of hydrogen-bond donors (Lipinski definition) is 2. The molecule has 11 nitrogen and oxygen atoms in total. The minimum Gasteiger partial charge on any atom is -0.444 e. The predicted molar refractivity (Wildman–Crippen MR) is 138 cm³/mol. The van der Waals surface area contributed by atoms with E-state index in [1.807, 2.05) is 26.8 Å². The molecular weight excluding hydrogens is 490 g/mol. The molecule has 204 valence electrons. The van der Waals surface area contributed by atoms with Crippen molar-refractivity contribution in [2.45, 2.75) is 58.1 Å². The summed E-state index contributed by atoms with van der Waals surface area (Å²) in [4.78, 5) is 67.5. The fourth-order valence-corrected chi connectivity index (χ4v) is 5.44. The van der Waals surface area contributed by atoms with Gasteiger partial charge in [0.2, 0.25) is 11.8 Å². The van der Waals surface area contributed by atoms with Gasteiger partial charge in [0.1, 0.15) is 11.6 Å². The lowest BCUT2D eigenvalue weighted by molar-refractivity contribution is -0.136. The maximum absolute atomic E-state index is 13.1. The van der Waals surface area contributed by atoms with Gasteiger partial charge in [-0.3, -0.25) is 34.3 Å². The summed E-state index contributed by atoms with van der Waals surface area (Å²) in [7, 11) is 0. The van der Waals surface area contributed by atoms with Gasteiger partial charge in [-0.1, -0.05) is 0 Å². The number of carbonyl (C=O) groups is 5. The van der Waals surface area contributed by atoms with Crippen LogP contribution in [0.25, 0.3) is 0 Å². The van der Waals surface area contributed by atoms with Gasteiger partial charge < -0.3 is 15.0 Å². The second kappa shape index (κ2) is 9.68. The molecule has 1 aliphatic carbocycles. The third kappa shape index (κ3) is 5.38. The Labute approximate surface area is 221 Å².